The number of imidazole rings is 1. The number of carboxylic acid groups (broad SMARTS) is 1. The molecule has 12 nitrogen and oxygen atoms in total. The highest BCUT2D eigenvalue weighted by Crippen LogP contribution is 2.32. The second-order valence-electron chi connectivity index (χ2n) is 7.65. The van der Waals surface area contributed by atoms with E-state index in [0.717, 1.165) is 5.69 Å². The number of nitrogens with two attached hydrogens (primary N) is 1. The highest BCUT2D eigenvalue weighted by molar-refractivity contribution is 5.94. The lowest BCUT2D eigenvalue weighted by Gasteiger charge is -2.10. The van der Waals surface area contributed by atoms with Gasteiger partial charge in [-0.3, -0.25) is 14.2 Å². The summed E-state index contributed by atoms with van der Waals surface area (Å²) in [6.07, 6.45) is 1.39. The molecule has 0 aliphatic heterocycles. The Morgan fingerprint density at radius 1 is 1.08 bits per heavy atom. The molecule has 3 aromatic heterocycles. The lowest BCUT2D eigenvalue weighted by Crippen LogP contribution is -2.25. The molecule has 0 atom stereocenters. The predicted octanol–water partition coefficient (Wildman–Crippen LogP) is 3.05. The quantitative estimate of drug-likeness (QED) is 0.297. The fraction of sp³-hybridized carbons (Fsp3) is 0.0833. The Kier molecular flexibility index (Phi) is 5.97. The van der Waals surface area contributed by atoms with Crippen LogP contribution in [-0.2, 0) is 4.79 Å². The van der Waals surface area contributed by atoms with E-state index < -0.39 is 11.9 Å². The Hall–Kier alpha value is -5.26. The average Bonchev–Trinajstić information content (AvgIpc) is 3.47. The van der Waals surface area contributed by atoms with Crippen molar-refractivity contribution in [2.75, 3.05) is 12.3 Å². The number of fused-ring (bicyclic) bond motifs is 1. The topological polar surface area (TPSA) is 171 Å². The summed E-state index contributed by atoms with van der Waals surface area (Å²) >= 11 is 0. The van der Waals surface area contributed by atoms with Gasteiger partial charge in [0.25, 0.3) is 5.91 Å². The van der Waals surface area contributed by atoms with Crippen molar-refractivity contribution < 1.29 is 24.1 Å². The Balaban J connectivity index is 1.49. The van der Waals surface area contributed by atoms with E-state index in [4.69, 9.17) is 20.2 Å². The van der Waals surface area contributed by atoms with Crippen LogP contribution in [0.2, 0.25) is 0 Å². The highest BCUT2D eigenvalue weighted by atomic mass is 16.6. The van der Waals surface area contributed by atoms with Crippen molar-refractivity contribution in [3.8, 4) is 28.8 Å². The zero-order valence-electron chi connectivity index (χ0n) is 18.7. The van der Waals surface area contributed by atoms with E-state index in [1.54, 1.807) is 36.5 Å². The van der Waals surface area contributed by atoms with Crippen molar-refractivity contribution in [1.29, 1.82) is 0 Å². The second-order valence-corrected chi connectivity index (χ2v) is 7.65. The number of para-hydroxylation sites is 1. The molecule has 0 saturated heterocycles. The Morgan fingerprint density at radius 3 is 2.67 bits per heavy atom. The molecule has 3 heterocycles. The third-order valence-electron chi connectivity index (χ3n) is 5.20. The van der Waals surface area contributed by atoms with Gasteiger partial charge >= 0.3 is 5.97 Å². The van der Waals surface area contributed by atoms with Gasteiger partial charge in [0.15, 0.2) is 17.3 Å². The lowest BCUT2D eigenvalue weighted by molar-refractivity contribution is -0.136. The third-order valence-corrected chi connectivity index (χ3v) is 5.20. The van der Waals surface area contributed by atoms with E-state index in [1.165, 1.54) is 0 Å². The highest BCUT2D eigenvalue weighted by Gasteiger charge is 2.21. The number of nitrogen functional groups attached to an aromatic ring is 1. The Bertz CT molecular complexity index is 1560. The smallest absolute Gasteiger partial charge is 0.305 e. The average molecular weight is 485 g/mol. The molecule has 0 spiro atoms. The minimum absolute atomic E-state index is 0.0227. The van der Waals surface area contributed by atoms with Crippen LogP contribution in [0.4, 0.5) is 5.82 Å². The van der Waals surface area contributed by atoms with Gasteiger partial charge in [-0.2, -0.15) is 0 Å². The second kappa shape index (κ2) is 9.54. The third kappa shape index (κ3) is 4.55. The Morgan fingerprint density at radius 2 is 1.92 bits per heavy atom. The molecule has 180 valence electrons. The van der Waals surface area contributed by atoms with Gasteiger partial charge in [-0.15, -0.1) is 0 Å². The van der Waals surface area contributed by atoms with Crippen LogP contribution >= 0.6 is 0 Å². The van der Waals surface area contributed by atoms with Crippen LogP contribution in [0.25, 0.3) is 28.2 Å². The molecule has 12 heteroatoms. The first kappa shape index (κ1) is 22.5. The van der Waals surface area contributed by atoms with Gasteiger partial charge in [0.1, 0.15) is 11.3 Å². The fourth-order valence-electron chi connectivity index (χ4n) is 3.57. The number of hydrogen-bond acceptors (Lipinski definition) is 9. The molecular weight excluding hydrogens is 466 g/mol. The zero-order chi connectivity index (χ0) is 25.1. The fourth-order valence-corrected chi connectivity index (χ4v) is 3.57. The molecule has 0 bridgehead atoms. The van der Waals surface area contributed by atoms with E-state index in [9.17, 15) is 9.59 Å². The van der Waals surface area contributed by atoms with Crippen molar-refractivity contribution in [3.63, 3.8) is 0 Å². The molecular formula is C24H19N7O5. The van der Waals surface area contributed by atoms with Gasteiger partial charge in [-0.25, -0.2) is 14.6 Å². The minimum Gasteiger partial charge on any atom is -0.481 e. The van der Waals surface area contributed by atoms with E-state index in [0.29, 0.717) is 33.9 Å². The van der Waals surface area contributed by atoms with E-state index in [1.807, 2.05) is 34.9 Å². The number of aliphatic carboxylic acids is 1. The first-order valence-corrected chi connectivity index (χ1v) is 10.8. The van der Waals surface area contributed by atoms with E-state index >= 15 is 0 Å². The Labute approximate surface area is 203 Å². The van der Waals surface area contributed by atoms with Crippen molar-refractivity contribution in [2.24, 2.45) is 0 Å². The summed E-state index contributed by atoms with van der Waals surface area (Å²) in [6, 6.07) is 17.7. The lowest BCUT2D eigenvalue weighted by atomic mass is 10.2. The summed E-state index contributed by atoms with van der Waals surface area (Å²) in [6.45, 7) is 0.0227. The van der Waals surface area contributed by atoms with Crippen molar-refractivity contribution >= 4 is 28.7 Å². The van der Waals surface area contributed by atoms with Crippen LogP contribution in [0.15, 0.2) is 71.5 Å². The van der Waals surface area contributed by atoms with Crippen LogP contribution in [-0.4, -0.2) is 48.4 Å². The normalized spacial score (nSPS) is 10.9. The summed E-state index contributed by atoms with van der Waals surface area (Å²) in [7, 11) is 0. The largest absolute Gasteiger partial charge is 0.481 e. The van der Waals surface area contributed by atoms with Gasteiger partial charge < -0.3 is 20.9 Å². The van der Waals surface area contributed by atoms with Gasteiger partial charge in [-0.1, -0.05) is 24.3 Å². The van der Waals surface area contributed by atoms with Crippen molar-refractivity contribution in [3.05, 3.63) is 72.4 Å². The van der Waals surface area contributed by atoms with Crippen LogP contribution in [0, 0.1) is 0 Å². The molecule has 2 aromatic carbocycles. The van der Waals surface area contributed by atoms with E-state index in [2.05, 4.69) is 25.6 Å². The number of carboxylic acids is 1. The molecule has 0 aliphatic rings. The van der Waals surface area contributed by atoms with Crippen LogP contribution in [0.3, 0.4) is 0 Å². The minimum atomic E-state index is -0.991. The molecule has 0 saturated carbocycles. The number of ether oxygens (including phenoxy) is 1. The van der Waals surface area contributed by atoms with Crippen molar-refractivity contribution in [1.82, 2.24) is 30.2 Å². The van der Waals surface area contributed by atoms with Gasteiger partial charge in [0.2, 0.25) is 5.88 Å². The molecule has 0 fully saturated rings. The molecule has 5 aromatic rings. The number of carbonyl (C=O) groups is 2. The number of benzene rings is 2. The first-order chi connectivity index (χ1) is 17.5. The molecule has 0 aliphatic carbocycles. The van der Waals surface area contributed by atoms with E-state index in [-0.39, 0.29) is 24.7 Å². The molecule has 0 unspecified atom stereocenters. The number of nitrogens with one attached hydrogen (secondary N) is 1. The van der Waals surface area contributed by atoms with Gasteiger partial charge in [0.05, 0.1) is 18.1 Å². The monoisotopic (exact) mass is 485 g/mol. The number of rotatable bonds is 8. The van der Waals surface area contributed by atoms with Crippen LogP contribution in [0.5, 0.6) is 11.6 Å². The predicted molar refractivity (Wildman–Crippen MR) is 128 cm³/mol. The summed E-state index contributed by atoms with van der Waals surface area (Å²) in [5, 5.41) is 18.9. The van der Waals surface area contributed by atoms with Gasteiger partial charge in [-0.05, 0) is 40.6 Å². The van der Waals surface area contributed by atoms with Crippen LogP contribution < -0.4 is 15.8 Å². The number of hydrogen-bond donors (Lipinski definition) is 3. The number of aromatic nitrogens is 5. The summed E-state index contributed by atoms with van der Waals surface area (Å²) in [4.78, 5) is 32.0. The maximum atomic E-state index is 12.3. The van der Waals surface area contributed by atoms with Gasteiger partial charge in [0, 0.05) is 23.9 Å². The summed E-state index contributed by atoms with van der Waals surface area (Å²) in [5.74, 6) is -0.228. The number of carbonyl (C=O) groups excluding carboxylic acids is 1. The summed E-state index contributed by atoms with van der Waals surface area (Å²) < 4.78 is 12.6. The zero-order valence-corrected chi connectivity index (χ0v) is 18.7. The molecule has 0 radical (unpaired) electrons. The standard InChI is InChI=1S/C24H19N7O5/c25-22-21(29-36-30-22)23-28-17-13-27-19(12-18(17)31(23)15-6-2-1-3-7-15)35-16-8-4-5-14(11-16)24(34)26-10-9-20(32)33/h1-8,11-13H,9-10H2,(H2,25,30)(H,26,34)(H,32,33). The maximum Gasteiger partial charge on any atom is 0.305 e. The van der Waals surface area contributed by atoms with Crippen LogP contribution in [0.1, 0.15) is 16.8 Å². The first-order valence-electron chi connectivity index (χ1n) is 10.8. The summed E-state index contributed by atoms with van der Waals surface area (Å²) in [5.41, 5.74) is 8.59. The number of pyridine rings is 1. The molecule has 5 rings (SSSR count). The number of amides is 1. The number of anilines is 1. The molecule has 4 N–H and O–H groups in total. The SMILES string of the molecule is Nc1nonc1-c1nc2cnc(Oc3cccc(C(=O)NCCC(=O)O)c3)cc2n1-c1ccccc1. The van der Waals surface area contributed by atoms with Crippen molar-refractivity contribution in [2.45, 2.75) is 6.42 Å². The molecule has 1 amide bonds. The maximum absolute atomic E-state index is 12.3. The number of nitrogens with zero attached hydrogens (tertiary/aromatic N) is 5. The molecule has 36 heavy (non-hydrogen) atoms.